The maximum Gasteiger partial charge on any atom is 0.306 e. The van der Waals surface area contributed by atoms with Gasteiger partial charge in [-0.1, -0.05) is 50.6 Å². The molecular weight excluding hydrogens is 302 g/mol. The molecule has 0 aliphatic heterocycles. The van der Waals surface area contributed by atoms with Crippen LogP contribution in [0.5, 0.6) is 0 Å². The van der Waals surface area contributed by atoms with Crippen LogP contribution in [0.3, 0.4) is 0 Å². The molecule has 1 aromatic carbocycles. The summed E-state index contributed by atoms with van der Waals surface area (Å²) in [5.74, 6) is -0.390. The third kappa shape index (κ3) is 5.36. The average Bonchev–Trinajstić information content (AvgIpc) is 2.59. The lowest BCUT2D eigenvalue weighted by Crippen LogP contribution is -2.39. The van der Waals surface area contributed by atoms with Crippen molar-refractivity contribution >= 4 is 11.9 Å². The van der Waals surface area contributed by atoms with E-state index < -0.39 is 5.97 Å². The second-order valence-corrected chi connectivity index (χ2v) is 7.34. The van der Waals surface area contributed by atoms with Gasteiger partial charge in [0.25, 0.3) is 0 Å². The van der Waals surface area contributed by atoms with E-state index in [9.17, 15) is 9.59 Å². The number of hydrogen-bond acceptors (Lipinski definition) is 2. The highest BCUT2D eigenvalue weighted by atomic mass is 16.4. The molecule has 0 bridgehead atoms. The summed E-state index contributed by atoms with van der Waals surface area (Å²) in [6, 6.07) is 10.3. The van der Waals surface area contributed by atoms with Crippen LogP contribution in [-0.2, 0) is 16.0 Å². The minimum Gasteiger partial charge on any atom is -0.481 e. The lowest BCUT2D eigenvalue weighted by Gasteiger charge is -2.27. The van der Waals surface area contributed by atoms with Crippen LogP contribution in [0, 0.1) is 23.7 Å². The molecule has 2 rings (SSSR count). The van der Waals surface area contributed by atoms with Gasteiger partial charge in [0.15, 0.2) is 0 Å². The quantitative estimate of drug-likeness (QED) is 0.803. The number of carbonyl (C=O) groups excluding carboxylic acids is 1. The molecule has 1 saturated carbocycles. The molecule has 2 N–H and O–H groups in total. The van der Waals surface area contributed by atoms with E-state index in [0.29, 0.717) is 31.2 Å². The number of carbonyl (C=O) groups is 2. The van der Waals surface area contributed by atoms with E-state index in [1.807, 2.05) is 18.2 Å². The van der Waals surface area contributed by atoms with Crippen molar-refractivity contribution in [3.8, 4) is 0 Å². The summed E-state index contributed by atoms with van der Waals surface area (Å²) >= 11 is 0. The molecule has 4 heteroatoms. The lowest BCUT2D eigenvalue weighted by molar-refractivity contribution is -0.144. The van der Waals surface area contributed by atoms with Crippen molar-refractivity contribution in [1.29, 1.82) is 0 Å². The number of carboxylic acid groups (broad SMARTS) is 1. The summed E-state index contributed by atoms with van der Waals surface area (Å²) < 4.78 is 0. The zero-order valence-corrected chi connectivity index (χ0v) is 14.7. The summed E-state index contributed by atoms with van der Waals surface area (Å²) in [6.07, 6.45) is 3.75. The molecule has 3 unspecified atom stereocenters. The second-order valence-electron chi connectivity index (χ2n) is 7.34. The number of hydrogen-bond donors (Lipinski definition) is 2. The molecule has 1 aliphatic rings. The van der Waals surface area contributed by atoms with E-state index in [-0.39, 0.29) is 17.7 Å². The summed E-state index contributed by atoms with van der Waals surface area (Å²) in [5, 5.41) is 12.2. The third-order valence-corrected chi connectivity index (χ3v) is 5.22. The lowest BCUT2D eigenvalue weighted by atomic mass is 9.81. The Bertz CT molecular complexity index is 541. The zero-order valence-electron chi connectivity index (χ0n) is 14.7. The summed E-state index contributed by atoms with van der Waals surface area (Å²) in [4.78, 5) is 23.6. The Kier molecular flexibility index (Phi) is 6.83. The van der Waals surface area contributed by atoms with Gasteiger partial charge in [-0.2, -0.15) is 0 Å². The fourth-order valence-electron chi connectivity index (χ4n) is 3.49. The first-order valence-electron chi connectivity index (χ1n) is 9.01. The van der Waals surface area contributed by atoms with E-state index in [1.54, 1.807) is 0 Å². The predicted octanol–water partition coefficient (Wildman–Crippen LogP) is 3.51. The highest BCUT2D eigenvalue weighted by Crippen LogP contribution is 2.29. The first-order valence-corrected chi connectivity index (χ1v) is 9.01. The molecule has 0 aromatic heterocycles. The molecule has 1 fully saturated rings. The van der Waals surface area contributed by atoms with Crippen LogP contribution in [0.2, 0.25) is 0 Å². The molecule has 24 heavy (non-hydrogen) atoms. The number of benzene rings is 1. The van der Waals surface area contributed by atoms with Crippen molar-refractivity contribution in [1.82, 2.24) is 5.32 Å². The number of nitrogens with one attached hydrogen (secondary N) is 1. The molecule has 1 aliphatic carbocycles. The van der Waals surface area contributed by atoms with Gasteiger partial charge in [-0.15, -0.1) is 0 Å². The maximum atomic E-state index is 12.4. The van der Waals surface area contributed by atoms with Gasteiger partial charge < -0.3 is 10.4 Å². The molecule has 3 atom stereocenters. The third-order valence-electron chi connectivity index (χ3n) is 5.22. The Balaban J connectivity index is 1.87. The van der Waals surface area contributed by atoms with Crippen molar-refractivity contribution in [2.45, 2.75) is 46.0 Å². The van der Waals surface area contributed by atoms with Crippen LogP contribution in [-0.4, -0.2) is 23.5 Å². The van der Waals surface area contributed by atoms with Gasteiger partial charge >= 0.3 is 5.97 Å². The van der Waals surface area contributed by atoms with Crippen molar-refractivity contribution in [2.24, 2.45) is 23.7 Å². The van der Waals surface area contributed by atoms with E-state index in [0.717, 1.165) is 19.3 Å². The average molecular weight is 331 g/mol. The van der Waals surface area contributed by atoms with Crippen LogP contribution in [0.25, 0.3) is 0 Å². The maximum absolute atomic E-state index is 12.4. The van der Waals surface area contributed by atoms with Gasteiger partial charge in [0.2, 0.25) is 5.91 Å². The van der Waals surface area contributed by atoms with Crippen LogP contribution in [0.1, 0.15) is 45.1 Å². The highest BCUT2D eigenvalue weighted by Gasteiger charge is 2.31. The first kappa shape index (κ1) is 18.5. The van der Waals surface area contributed by atoms with Crippen molar-refractivity contribution in [2.75, 3.05) is 6.54 Å². The Morgan fingerprint density at radius 2 is 1.83 bits per heavy atom. The highest BCUT2D eigenvalue weighted by molar-refractivity contribution is 5.80. The van der Waals surface area contributed by atoms with Gasteiger partial charge in [0.05, 0.1) is 5.92 Å². The number of rotatable bonds is 7. The van der Waals surface area contributed by atoms with Gasteiger partial charge in [0.1, 0.15) is 0 Å². The summed E-state index contributed by atoms with van der Waals surface area (Å²) in [7, 11) is 0. The SMILES string of the molecule is CC(C)C(CNC(=O)C1CCCC(C(=O)O)C1)Cc1ccccc1. The zero-order chi connectivity index (χ0) is 17.5. The molecule has 4 nitrogen and oxygen atoms in total. The van der Waals surface area contributed by atoms with Gasteiger partial charge in [-0.3, -0.25) is 9.59 Å². The normalized spacial score (nSPS) is 22.1. The first-order chi connectivity index (χ1) is 11.5. The van der Waals surface area contributed by atoms with E-state index in [4.69, 9.17) is 5.11 Å². The van der Waals surface area contributed by atoms with Crippen LogP contribution in [0.15, 0.2) is 30.3 Å². The van der Waals surface area contributed by atoms with Gasteiger partial charge in [0, 0.05) is 12.5 Å². The minimum atomic E-state index is -0.767. The van der Waals surface area contributed by atoms with Gasteiger partial charge in [-0.25, -0.2) is 0 Å². The van der Waals surface area contributed by atoms with Crippen LogP contribution in [0.4, 0.5) is 0 Å². The summed E-state index contributed by atoms with van der Waals surface area (Å²) in [6.45, 7) is 5.02. The second kappa shape index (κ2) is 8.86. The number of aliphatic carboxylic acids is 1. The van der Waals surface area contributed by atoms with E-state index in [1.165, 1.54) is 5.56 Å². The van der Waals surface area contributed by atoms with Crippen molar-refractivity contribution in [3.05, 3.63) is 35.9 Å². The van der Waals surface area contributed by atoms with Gasteiger partial charge in [-0.05, 0) is 43.1 Å². The Hall–Kier alpha value is -1.84. The fourth-order valence-corrected chi connectivity index (χ4v) is 3.49. The van der Waals surface area contributed by atoms with E-state index in [2.05, 4.69) is 31.3 Å². The molecule has 1 amide bonds. The number of amides is 1. The fraction of sp³-hybridized carbons (Fsp3) is 0.600. The Morgan fingerprint density at radius 1 is 1.17 bits per heavy atom. The van der Waals surface area contributed by atoms with Crippen molar-refractivity contribution in [3.63, 3.8) is 0 Å². The van der Waals surface area contributed by atoms with Crippen molar-refractivity contribution < 1.29 is 14.7 Å². The molecule has 0 spiro atoms. The monoisotopic (exact) mass is 331 g/mol. The number of carboxylic acids is 1. The predicted molar refractivity (Wildman–Crippen MR) is 94.6 cm³/mol. The molecule has 0 saturated heterocycles. The molecular formula is C20H29NO3. The topological polar surface area (TPSA) is 66.4 Å². The standard InChI is InChI=1S/C20H29NO3/c1-14(2)18(11-15-7-4-3-5-8-15)13-21-19(22)16-9-6-10-17(12-16)20(23)24/h3-5,7-8,14,16-18H,6,9-13H2,1-2H3,(H,21,22)(H,23,24). The molecule has 132 valence electrons. The molecule has 1 aromatic rings. The molecule has 0 radical (unpaired) electrons. The largest absolute Gasteiger partial charge is 0.481 e. The molecule has 0 heterocycles. The van der Waals surface area contributed by atoms with E-state index >= 15 is 0 Å². The summed E-state index contributed by atoms with van der Waals surface area (Å²) in [5.41, 5.74) is 1.29. The Morgan fingerprint density at radius 3 is 2.46 bits per heavy atom. The Labute approximate surface area is 144 Å². The minimum absolute atomic E-state index is 0.0275. The van der Waals surface area contributed by atoms with Crippen LogP contribution < -0.4 is 5.32 Å². The van der Waals surface area contributed by atoms with Crippen LogP contribution >= 0.6 is 0 Å². The smallest absolute Gasteiger partial charge is 0.306 e.